The van der Waals surface area contributed by atoms with E-state index in [-0.39, 0.29) is 5.60 Å². The summed E-state index contributed by atoms with van der Waals surface area (Å²) in [4.78, 5) is 0. The molecular weight excluding hydrogens is 205 g/mol. The molecule has 1 aromatic rings. The highest BCUT2D eigenvalue weighted by Crippen LogP contribution is 2.17. The van der Waals surface area contributed by atoms with Crippen molar-refractivity contribution in [1.29, 1.82) is 5.26 Å². The van der Waals surface area contributed by atoms with Gasteiger partial charge in [0.2, 0.25) is 0 Å². The molecule has 2 nitrogen and oxygen atoms in total. The number of benzene rings is 1. The third-order valence-corrected chi connectivity index (χ3v) is 2.57. The van der Waals surface area contributed by atoms with Crippen molar-refractivity contribution < 1.29 is 9.13 Å². The molecule has 0 heterocycles. The number of nitriles is 1. The standard InChI is InChI=1S/C13H16FNO/c1-4-13(2,3)16-9-11-5-10(8-15)6-12(14)7-11/h5-7H,4,9H2,1-3H3. The van der Waals surface area contributed by atoms with Crippen LogP contribution in [-0.4, -0.2) is 5.60 Å². The molecule has 0 saturated heterocycles. The number of hydrogen-bond donors (Lipinski definition) is 0. The molecule has 1 aromatic carbocycles. The van der Waals surface area contributed by atoms with E-state index in [2.05, 4.69) is 0 Å². The molecule has 3 heteroatoms. The van der Waals surface area contributed by atoms with Crippen molar-refractivity contribution >= 4 is 0 Å². The topological polar surface area (TPSA) is 33.0 Å². The van der Waals surface area contributed by atoms with Crippen LogP contribution in [0, 0.1) is 17.1 Å². The van der Waals surface area contributed by atoms with Crippen LogP contribution in [0.5, 0.6) is 0 Å². The summed E-state index contributed by atoms with van der Waals surface area (Å²) in [5.74, 6) is -0.396. The highest BCUT2D eigenvalue weighted by molar-refractivity contribution is 5.33. The fraction of sp³-hybridized carbons (Fsp3) is 0.462. The van der Waals surface area contributed by atoms with Crippen LogP contribution >= 0.6 is 0 Å². The van der Waals surface area contributed by atoms with E-state index in [9.17, 15) is 4.39 Å². The van der Waals surface area contributed by atoms with Crippen LogP contribution in [0.3, 0.4) is 0 Å². The predicted molar refractivity (Wildman–Crippen MR) is 60.3 cm³/mol. The average molecular weight is 221 g/mol. The molecule has 0 bridgehead atoms. The summed E-state index contributed by atoms with van der Waals surface area (Å²) in [7, 11) is 0. The lowest BCUT2D eigenvalue weighted by molar-refractivity contribution is -0.0317. The van der Waals surface area contributed by atoms with Crippen molar-refractivity contribution in [3.8, 4) is 6.07 Å². The number of halogens is 1. The van der Waals surface area contributed by atoms with Crippen LogP contribution in [0.15, 0.2) is 18.2 Å². The molecule has 0 aromatic heterocycles. The highest BCUT2D eigenvalue weighted by atomic mass is 19.1. The molecule has 0 unspecified atom stereocenters. The largest absolute Gasteiger partial charge is 0.371 e. The van der Waals surface area contributed by atoms with Crippen molar-refractivity contribution in [3.05, 3.63) is 35.1 Å². The maximum atomic E-state index is 13.1. The van der Waals surface area contributed by atoms with Gasteiger partial charge in [0.1, 0.15) is 5.82 Å². The monoisotopic (exact) mass is 221 g/mol. The second-order valence-corrected chi connectivity index (χ2v) is 4.36. The van der Waals surface area contributed by atoms with Crippen LogP contribution in [0.2, 0.25) is 0 Å². The van der Waals surface area contributed by atoms with E-state index in [1.807, 2.05) is 26.8 Å². The minimum Gasteiger partial charge on any atom is -0.371 e. The summed E-state index contributed by atoms with van der Waals surface area (Å²) >= 11 is 0. The van der Waals surface area contributed by atoms with Gasteiger partial charge in [0, 0.05) is 0 Å². The van der Waals surface area contributed by atoms with Gasteiger partial charge in [-0.15, -0.1) is 0 Å². The quantitative estimate of drug-likeness (QED) is 0.780. The fourth-order valence-electron chi connectivity index (χ4n) is 1.18. The minimum atomic E-state index is -0.396. The number of hydrogen-bond acceptors (Lipinski definition) is 2. The van der Waals surface area contributed by atoms with E-state index >= 15 is 0 Å². The van der Waals surface area contributed by atoms with Crippen molar-refractivity contribution in [2.24, 2.45) is 0 Å². The van der Waals surface area contributed by atoms with Crippen molar-refractivity contribution in [2.45, 2.75) is 39.4 Å². The van der Waals surface area contributed by atoms with Crippen LogP contribution < -0.4 is 0 Å². The maximum absolute atomic E-state index is 13.1. The van der Waals surface area contributed by atoms with Gasteiger partial charge < -0.3 is 4.74 Å². The van der Waals surface area contributed by atoms with Gasteiger partial charge in [0.05, 0.1) is 23.8 Å². The molecular formula is C13H16FNO. The summed E-state index contributed by atoms with van der Waals surface area (Å²) < 4.78 is 18.8. The third kappa shape index (κ3) is 3.63. The molecule has 0 amide bonds. The Morgan fingerprint density at radius 1 is 1.38 bits per heavy atom. The molecule has 0 aliphatic heterocycles. The summed E-state index contributed by atoms with van der Waals surface area (Å²) in [6, 6.07) is 6.18. The Morgan fingerprint density at radius 2 is 2.06 bits per heavy atom. The zero-order valence-corrected chi connectivity index (χ0v) is 9.88. The lowest BCUT2D eigenvalue weighted by Crippen LogP contribution is -2.22. The van der Waals surface area contributed by atoms with E-state index in [1.54, 1.807) is 6.07 Å². The van der Waals surface area contributed by atoms with E-state index in [0.29, 0.717) is 17.7 Å². The molecule has 16 heavy (non-hydrogen) atoms. The van der Waals surface area contributed by atoms with Crippen LogP contribution in [0.25, 0.3) is 0 Å². The van der Waals surface area contributed by atoms with Crippen molar-refractivity contribution in [2.75, 3.05) is 0 Å². The SMILES string of the molecule is CCC(C)(C)OCc1cc(F)cc(C#N)c1. The van der Waals surface area contributed by atoms with E-state index in [1.165, 1.54) is 12.1 Å². The second-order valence-electron chi connectivity index (χ2n) is 4.36. The maximum Gasteiger partial charge on any atom is 0.124 e. The van der Waals surface area contributed by atoms with Gasteiger partial charge in [-0.2, -0.15) is 5.26 Å². The molecule has 0 spiro atoms. The molecule has 86 valence electrons. The van der Waals surface area contributed by atoms with E-state index in [0.717, 1.165) is 6.42 Å². The first-order chi connectivity index (χ1) is 7.46. The zero-order chi connectivity index (χ0) is 12.2. The first kappa shape index (κ1) is 12.7. The van der Waals surface area contributed by atoms with Crippen LogP contribution in [0.1, 0.15) is 38.3 Å². The molecule has 0 saturated carbocycles. The number of ether oxygens (including phenoxy) is 1. The summed E-state index contributed by atoms with van der Waals surface area (Å²) in [5, 5.41) is 8.70. The third-order valence-electron chi connectivity index (χ3n) is 2.57. The van der Waals surface area contributed by atoms with Gasteiger partial charge in [0.25, 0.3) is 0 Å². The van der Waals surface area contributed by atoms with Gasteiger partial charge in [-0.1, -0.05) is 6.92 Å². The van der Waals surface area contributed by atoms with E-state index in [4.69, 9.17) is 10.00 Å². The van der Waals surface area contributed by atoms with Crippen LogP contribution in [-0.2, 0) is 11.3 Å². The average Bonchev–Trinajstić information content (AvgIpc) is 2.26. The molecule has 0 atom stereocenters. The van der Waals surface area contributed by atoms with Gasteiger partial charge in [0.15, 0.2) is 0 Å². The summed E-state index contributed by atoms with van der Waals surface area (Å²) in [5.41, 5.74) is 0.796. The smallest absolute Gasteiger partial charge is 0.124 e. The summed E-state index contributed by atoms with van der Waals surface area (Å²) in [6.07, 6.45) is 0.882. The molecule has 0 aliphatic rings. The van der Waals surface area contributed by atoms with Crippen LogP contribution in [0.4, 0.5) is 4.39 Å². The van der Waals surface area contributed by atoms with Crippen molar-refractivity contribution in [3.63, 3.8) is 0 Å². The molecule has 0 fully saturated rings. The first-order valence-electron chi connectivity index (χ1n) is 5.30. The lowest BCUT2D eigenvalue weighted by atomic mass is 10.1. The Hall–Kier alpha value is -1.40. The van der Waals surface area contributed by atoms with Gasteiger partial charge in [-0.3, -0.25) is 0 Å². The normalized spacial score (nSPS) is 11.2. The highest BCUT2D eigenvalue weighted by Gasteiger charge is 2.15. The minimum absolute atomic E-state index is 0.223. The zero-order valence-electron chi connectivity index (χ0n) is 9.88. The second kappa shape index (κ2) is 5.09. The van der Waals surface area contributed by atoms with Gasteiger partial charge in [-0.05, 0) is 44.0 Å². The Morgan fingerprint density at radius 3 is 2.62 bits per heavy atom. The van der Waals surface area contributed by atoms with Crippen molar-refractivity contribution in [1.82, 2.24) is 0 Å². The first-order valence-corrected chi connectivity index (χ1v) is 5.30. The molecule has 1 rings (SSSR count). The van der Waals surface area contributed by atoms with E-state index < -0.39 is 5.82 Å². The Bertz CT molecular complexity index is 407. The number of rotatable bonds is 4. The van der Waals surface area contributed by atoms with Gasteiger partial charge in [-0.25, -0.2) is 4.39 Å². The fourth-order valence-corrected chi connectivity index (χ4v) is 1.18. The summed E-state index contributed by atoms with van der Waals surface area (Å²) in [6.45, 7) is 6.33. The lowest BCUT2D eigenvalue weighted by Gasteiger charge is -2.23. The van der Waals surface area contributed by atoms with Gasteiger partial charge >= 0.3 is 0 Å². The number of nitrogens with zero attached hydrogens (tertiary/aromatic N) is 1. The Balaban J connectivity index is 2.75. The predicted octanol–water partition coefficient (Wildman–Crippen LogP) is 3.40. The Kier molecular flexibility index (Phi) is 4.03. The molecule has 0 N–H and O–H groups in total. The Labute approximate surface area is 95.7 Å². The molecule has 0 radical (unpaired) electrons. The molecule has 0 aliphatic carbocycles.